The number of ether oxygens (including phenoxy) is 2. The Morgan fingerprint density at radius 3 is 2.08 bits per heavy atom. The number of nitro groups is 1. The van der Waals surface area contributed by atoms with Crippen LogP contribution in [0.25, 0.3) is 0 Å². The fraction of sp³-hybridized carbons (Fsp3) is 0.400. The Hall–Kier alpha value is -2.00. The fourth-order valence-corrected chi connectivity index (χ4v) is 2.58. The standard InChI is InChI=1S/C15H15BrClNO7/c1-4-24-13(20)15(3,14(21)25-5-2)12(19)9-6-8(18(22)23)7-10(16)11(9)17/h6-7H,4-5H2,1-3H3. The van der Waals surface area contributed by atoms with Gasteiger partial charge in [0, 0.05) is 22.2 Å². The lowest BCUT2D eigenvalue weighted by Crippen LogP contribution is -2.46. The molecule has 0 radical (unpaired) electrons. The van der Waals surface area contributed by atoms with Gasteiger partial charge in [-0.05, 0) is 36.7 Å². The number of carbonyl (C=O) groups is 3. The largest absolute Gasteiger partial charge is 0.465 e. The van der Waals surface area contributed by atoms with Crippen LogP contribution < -0.4 is 0 Å². The minimum atomic E-state index is -2.34. The highest BCUT2D eigenvalue weighted by molar-refractivity contribution is 9.10. The molecule has 0 bridgehead atoms. The third-order valence-electron chi connectivity index (χ3n) is 3.29. The number of benzene rings is 1. The first kappa shape index (κ1) is 21.0. The Morgan fingerprint density at radius 1 is 1.20 bits per heavy atom. The van der Waals surface area contributed by atoms with Crippen LogP contribution >= 0.6 is 27.5 Å². The van der Waals surface area contributed by atoms with Gasteiger partial charge >= 0.3 is 11.9 Å². The van der Waals surface area contributed by atoms with E-state index in [4.69, 9.17) is 21.1 Å². The highest BCUT2D eigenvalue weighted by Crippen LogP contribution is 2.36. The van der Waals surface area contributed by atoms with E-state index in [1.807, 2.05) is 0 Å². The van der Waals surface area contributed by atoms with Crippen molar-refractivity contribution in [3.8, 4) is 0 Å². The minimum Gasteiger partial charge on any atom is -0.465 e. The maximum absolute atomic E-state index is 12.9. The van der Waals surface area contributed by atoms with E-state index in [1.54, 1.807) is 0 Å². The summed E-state index contributed by atoms with van der Waals surface area (Å²) in [6, 6.07) is 2.00. The third-order valence-corrected chi connectivity index (χ3v) is 4.55. The molecule has 0 aliphatic heterocycles. The summed E-state index contributed by atoms with van der Waals surface area (Å²) in [4.78, 5) is 47.8. The Bertz CT molecular complexity index is 717. The van der Waals surface area contributed by atoms with Crippen LogP contribution in [0.5, 0.6) is 0 Å². The Morgan fingerprint density at radius 2 is 1.68 bits per heavy atom. The monoisotopic (exact) mass is 435 g/mol. The average Bonchev–Trinajstić information content (AvgIpc) is 2.55. The van der Waals surface area contributed by atoms with Gasteiger partial charge in [0.05, 0.1) is 23.2 Å². The van der Waals surface area contributed by atoms with Gasteiger partial charge in [0.25, 0.3) is 5.69 Å². The van der Waals surface area contributed by atoms with E-state index in [0.717, 1.165) is 19.1 Å². The second kappa shape index (κ2) is 8.39. The molecule has 0 aliphatic carbocycles. The van der Waals surface area contributed by atoms with Crippen LogP contribution in [0.15, 0.2) is 16.6 Å². The summed E-state index contributed by atoms with van der Waals surface area (Å²) in [5.41, 5.74) is -3.15. The number of halogens is 2. The summed E-state index contributed by atoms with van der Waals surface area (Å²) < 4.78 is 9.70. The van der Waals surface area contributed by atoms with E-state index in [2.05, 4.69) is 15.9 Å². The lowest BCUT2D eigenvalue weighted by Gasteiger charge is -2.24. The zero-order valence-corrected chi connectivity index (χ0v) is 16.0. The van der Waals surface area contributed by atoms with E-state index in [0.29, 0.717) is 0 Å². The van der Waals surface area contributed by atoms with Gasteiger partial charge in [-0.2, -0.15) is 0 Å². The van der Waals surface area contributed by atoms with Crippen molar-refractivity contribution in [2.75, 3.05) is 13.2 Å². The summed E-state index contributed by atoms with van der Waals surface area (Å²) in [5, 5.41) is 10.8. The van der Waals surface area contributed by atoms with Gasteiger partial charge in [-0.3, -0.25) is 24.5 Å². The molecule has 0 aromatic heterocycles. The Labute approximate surface area is 156 Å². The maximum atomic E-state index is 12.9. The van der Waals surface area contributed by atoms with Crippen LogP contribution in [0.1, 0.15) is 31.1 Å². The number of nitrogens with zero attached hydrogens (tertiary/aromatic N) is 1. The molecule has 8 nitrogen and oxygen atoms in total. The zero-order chi connectivity index (χ0) is 19.4. The fourth-order valence-electron chi connectivity index (χ4n) is 1.93. The summed E-state index contributed by atoms with van der Waals surface area (Å²) in [7, 11) is 0. The van der Waals surface area contributed by atoms with Crippen molar-refractivity contribution in [1.29, 1.82) is 0 Å². The number of rotatable bonds is 7. The molecule has 1 rings (SSSR count). The van der Waals surface area contributed by atoms with Crippen molar-refractivity contribution in [3.05, 3.63) is 37.3 Å². The number of hydrogen-bond acceptors (Lipinski definition) is 7. The molecule has 0 atom stereocenters. The smallest absolute Gasteiger partial charge is 0.331 e. The second-order valence-corrected chi connectivity index (χ2v) is 6.17. The quantitative estimate of drug-likeness (QED) is 0.212. The third kappa shape index (κ3) is 4.16. The summed E-state index contributed by atoms with van der Waals surface area (Å²) in [5.74, 6) is -3.31. The first-order valence-corrected chi connectivity index (χ1v) is 8.30. The van der Waals surface area contributed by atoms with Gasteiger partial charge in [-0.25, -0.2) is 0 Å². The number of nitro benzene ring substituents is 1. The molecule has 136 valence electrons. The molecule has 1 aromatic rings. The van der Waals surface area contributed by atoms with Crippen LogP contribution in [0.4, 0.5) is 5.69 Å². The van der Waals surface area contributed by atoms with Crippen molar-refractivity contribution in [2.45, 2.75) is 20.8 Å². The molecule has 0 N–H and O–H groups in total. The van der Waals surface area contributed by atoms with Crippen molar-refractivity contribution in [1.82, 2.24) is 0 Å². The Balaban J connectivity index is 3.57. The van der Waals surface area contributed by atoms with Gasteiger partial charge in [-0.15, -0.1) is 0 Å². The normalized spacial score (nSPS) is 10.9. The number of non-ortho nitro benzene ring substituents is 1. The molecule has 10 heteroatoms. The average molecular weight is 437 g/mol. The molecule has 0 spiro atoms. The predicted octanol–water partition coefficient (Wildman–Crippen LogP) is 3.33. The molecule has 0 saturated carbocycles. The zero-order valence-electron chi connectivity index (χ0n) is 13.6. The van der Waals surface area contributed by atoms with Gasteiger partial charge < -0.3 is 9.47 Å². The molecule has 0 amide bonds. The van der Waals surface area contributed by atoms with Crippen molar-refractivity contribution >= 4 is 50.9 Å². The molecule has 1 aromatic carbocycles. The van der Waals surface area contributed by atoms with Crippen molar-refractivity contribution in [2.24, 2.45) is 5.41 Å². The summed E-state index contributed by atoms with van der Waals surface area (Å²) in [6.07, 6.45) is 0. The highest BCUT2D eigenvalue weighted by Gasteiger charge is 2.52. The van der Waals surface area contributed by atoms with E-state index in [1.165, 1.54) is 13.8 Å². The van der Waals surface area contributed by atoms with E-state index in [9.17, 15) is 24.5 Å². The number of Topliss-reactive ketones (excluding diaryl/α,β-unsaturated/α-hetero) is 1. The van der Waals surface area contributed by atoms with E-state index < -0.39 is 33.7 Å². The SMILES string of the molecule is CCOC(=O)C(C)(C(=O)OCC)C(=O)c1cc([N+](=O)[O-])cc(Br)c1Cl. The summed E-state index contributed by atoms with van der Waals surface area (Å²) >= 11 is 9.05. The lowest BCUT2D eigenvalue weighted by atomic mass is 9.82. The molecule has 0 saturated heterocycles. The lowest BCUT2D eigenvalue weighted by molar-refractivity contribution is -0.385. The number of ketones is 1. The van der Waals surface area contributed by atoms with Crippen molar-refractivity contribution in [3.63, 3.8) is 0 Å². The maximum Gasteiger partial charge on any atom is 0.331 e. The predicted molar refractivity (Wildman–Crippen MR) is 91.5 cm³/mol. The van der Waals surface area contributed by atoms with Crippen LogP contribution in [0.2, 0.25) is 5.02 Å². The number of carbonyl (C=O) groups excluding carboxylic acids is 3. The van der Waals surface area contributed by atoms with Crippen LogP contribution in [-0.2, 0) is 19.1 Å². The van der Waals surface area contributed by atoms with Crippen LogP contribution in [0.3, 0.4) is 0 Å². The molecule has 0 fully saturated rings. The summed E-state index contributed by atoms with van der Waals surface area (Å²) in [6.45, 7) is 3.89. The molecule has 0 aliphatic rings. The van der Waals surface area contributed by atoms with Gasteiger partial charge in [0.2, 0.25) is 5.41 Å². The first-order valence-electron chi connectivity index (χ1n) is 7.13. The van der Waals surface area contributed by atoms with E-state index in [-0.39, 0.29) is 28.3 Å². The molecular weight excluding hydrogens is 422 g/mol. The number of hydrogen-bond donors (Lipinski definition) is 0. The van der Waals surface area contributed by atoms with Gasteiger partial charge in [-0.1, -0.05) is 11.6 Å². The van der Waals surface area contributed by atoms with Gasteiger partial charge in [0.15, 0.2) is 5.78 Å². The van der Waals surface area contributed by atoms with Crippen molar-refractivity contribution < 1.29 is 28.8 Å². The molecule has 0 heterocycles. The molecular formula is C15H15BrClNO7. The second-order valence-electron chi connectivity index (χ2n) is 4.94. The number of esters is 2. The van der Waals surface area contributed by atoms with Crippen LogP contribution in [-0.4, -0.2) is 35.9 Å². The van der Waals surface area contributed by atoms with Crippen LogP contribution in [0, 0.1) is 15.5 Å². The minimum absolute atomic E-state index is 0.0711. The topological polar surface area (TPSA) is 113 Å². The van der Waals surface area contributed by atoms with Gasteiger partial charge in [0.1, 0.15) is 0 Å². The molecule has 25 heavy (non-hydrogen) atoms. The Kier molecular flexibility index (Phi) is 7.06. The van der Waals surface area contributed by atoms with E-state index >= 15 is 0 Å². The molecule has 0 unspecified atom stereocenters. The highest BCUT2D eigenvalue weighted by atomic mass is 79.9. The first-order chi connectivity index (χ1) is 11.6.